The lowest BCUT2D eigenvalue weighted by molar-refractivity contribution is 0.139. The molecule has 0 aliphatic carbocycles. The first-order valence-corrected chi connectivity index (χ1v) is 5.68. The molecular formula is C10H19BrN2. The first-order valence-electron chi connectivity index (χ1n) is 4.89. The third-order valence-corrected chi connectivity index (χ3v) is 2.79. The predicted molar refractivity (Wildman–Crippen MR) is 61.1 cm³/mol. The molecule has 13 heavy (non-hydrogen) atoms. The van der Waals surface area contributed by atoms with Crippen LogP contribution in [-0.4, -0.2) is 37.1 Å². The minimum atomic E-state index is 0.656. The Morgan fingerprint density at radius 2 is 2.38 bits per heavy atom. The van der Waals surface area contributed by atoms with Crippen LogP contribution in [0.2, 0.25) is 0 Å². The summed E-state index contributed by atoms with van der Waals surface area (Å²) >= 11 is 3.43. The van der Waals surface area contributed by atoms with Gasteiger partial charge in [0.05, 0.1) is 0 Å². The van der Waals surface area contributed by atoms with E-state index in [9.17, 15) is 0 Å². The first-order chi connectivity index (χ1) is 6.11. The lowest BCUT2D eigenvalue weighted by Gasteiger charge is -2.38. The van der Waals surface area contributed by atoms with Crippen LogP contribution in [0.15, 0.2) is 11.1 Å². The largest absolute Gasteiger partial charge is 0.314 e. The summed E-state index contributed by atoms with van der Waals surface area (Å²) < 4.78 is 1.08. The molecule has 1 aliphatic heterocycles. The van der Waals surface area contributed by atoms with Gasteiger partial charge in [-0.05, 0) is 5.92 Å². The Kier molecular flexibility index (Phi) is 4.42. The quantitative estimate of drug-likeness (QED) is 0.818. The van der Waals surface area contributed by atoms with Crippen molar-refractivity contribution in [3.63, 3.8) is 0 Å². The van der Waals surface area contributed by atoms with E-state index < -0.39 is 0 Å². The van der Waals surface area contributed by atoms with E-state index >= 15 is 0 Å². The van der Waals surface area contributed by atoms with E-state index in [1.165, 1.54) is 0 Å². The van der Waals surface area contributed by atoms with Crippen molar-refractivity contribution < 1.29 is 0 Å². The Morgan fingerprint density at radius 1 is 1.69 bits per heavy atom. The molecule has 1 fully saturated rings. The van der Waals surface area contributed by atoms with Gasteiger partial charge in [-0.2, -0.15) is 0 Å². The van der Waals surface area contributed by atoms with Crippen molar-refractivity contribution >= 4 is 15.9 Å². The maximum Gasteiger partial charge on any atom is 0.0298 e. The standard InChI is InChI=1S/C10H19BrN2/c1-8(2)10-6-12-4-5-13(10)7-9(3)11/h8,10,12H,3-7H2,1-2H3. The summed E-state index contributed by atoms with van der Waals surface area (Å²) in [5.74, 6) is 0.708. The molecular weight excluding hydrogens is 228 g/mol. The highest BCUT2D eigenvalue weighted by Gasteiger charge is 2.24. The summed E-state index contributed by atoms with van der Waals surface area (Å²) in [4.78, 5) is 2.50. The van der Waals surface area contributed by atoms with Gasteiger partial charge in [-0.15, -0.1) is 0 Å². The van der Waals surface area contributed by atoms with Crippen molar-refractivity contribution in [2.75, 3.05) is 26.2 Å². The normalized spacial score (nSPS) is 25.1. The van der Waals surface area contributed by atoms with E-state index in [0.717, 1.165) is 30.7 Å². The molecule has 2 nitrogen and oxygen atoms in total. The van der Waals surface area contributed by atoms with E-state index in [1.807, 2.05) is 0 Å². The van der Waals surface area contributed by atoms with Crippen LogP contribution in [0.5, 0.6) is 0 Å². The van der Waals surface area contributed by atoms with Gasteiger partial charge in [0.1, 0.15) is 0 Å². The molecule has 0 aromatic heterocycles. The molecule has 1 heterocycles. The molecule has 0 bridgehead atoms. The molecule has 3 heteroatoms. The van der Waals surface area contributed by atoms with E-state index in [-0.39, 0.29) is 0 Å². The highest BCUT2D eigenvalue weighted by atomic mass is 79.9. The number of halogens is 1. The van der Waals surface area contributed by atoms with Crippen LogP contribution < -0.4 is 5.32 Å². The molecule has 1 rings (SSSR count). The number of hydrogen-bond acceptors (Lipinski definition) is 2. The van der Waals surface area contributed by atoms with E-state index in [4.69, 9.17) is 0 Å². The molecule has 0 aromatic carbocycles. The molecule has 0 radical (unpaired) electrons. The second-order valence-electron chi connectivity index (χ2n) is 4.00. The van der Waals surface area contributed by atoms with Crippen LogP contribution in [-0.2, 0) is 0 Å². The maximum atomic E-state index is 3.90. The Labute approximate surface area is 89.5 Å². The maximum absolute atomic E-state index is 3.90. The van der Waals surface area contributed by atoms with Gasteiger partial charge in [-0.3, -0.25) is 4.90 Å². The van der Waals surface area contributed by atoms with Crippen molar-refractivity contribution in [3.8, 4) is 0 Å². The molecule has 1 unspecified atom stereocenters. The molecule has 1 N–H and O–H groups in total. The zero-order valence-corrected chi connectivity index (χ0v) is 10.1. The number of nitrogens with one attached hydrogen (secondary N) is 1. The van der Waals surface area contributed by atoms with Crippen molar-refractivity contribution in [2.24, 2.45) is 5.92 Å². The third-order valence-electron chi connectivity index (χ3n) is 2.54. The molecule has 76 valence electrons. The summed E-state index contributed by atoms with van der Waals surface area (Å²) in [6, 6.07) is 0.656. The fraction of sp³-hybridized carbons (Fsp3) is 0.800. The Balaban J connectivity index is 2.51. The summed E-state index contributed by atoms with van der Waals surface area (Å²) in [5.41, 5.74) is 0. The summed E-state index contributed by atoms with van der Waals surface area (Å²) in [7, 11) is 0. The van der Waals surface area contributed by atoms with Crippen LogP contribution in [0, 0.1) is 5.92 Å². The predicted octanol–water partition coefficient (Wildman–Crippen LogP) is 1.82. The molecule has 0 aromatic rings. The highest BCUT2D eigenvalue weighted by Crippen LogP contribution is 2.15. The van der Waals surface area contributed by atoms with Crippen LogP contribution in [0.3, 0.4) is 0 Å². The SMILES string of the molecule is C=C(Br)CN1CCNCC1C(C)C. The monoisotopic (exact) mass is 246 g/mol. The lowest BCUT2D eigenvalue weighted by Crippen LogP contribution is -2.53. The van der Waals surface area contributed by atoms with Crippen molar-refractivity contribution in [3.05, 3.63) is 11.1 Å². The Hall–Kier alpha value is 0.140. The highest BCUT2D eigenvalue weighted by molar-refractivity contribution is 9.11. The fourth-order valence-electron chi connectivity index (χ4n) is 1.84. The zero-order chi connectivity index (χ0) is 9.84. The van der Waals surface area contributed by atoms with Crippen LogP contribution in [0.4, 0.5) is 0 Å². The molecule has 0 spiro atoms. The first kappa shape index (κ1) is 11.2. The number of hydrogen-bond donors (Lipinski definition) is 1. The van der Waals surface area contributed by atoms with E-state index in [0.29, 0.717) is 12.0 Å². The second kappa shape index (κ2) is 5.13. The minimum Gasteiger partial charge on any atom is -0.314 e. The van der Waals surface area contributed by atoms with Gasteiger partial charge < -0.3 is 5.32 Å². The molecule has 0 saturated carbocycles. The number of piperazine rings is 1. The fourth-order valence-corrected chi connectivity index (χ4v) is 2.16. The van der Waals surface area contributed by atoms with Crippen molar-refractivity contribution in [1.82, 2.24) is 10.2 Å². The molecule has 1 aliphatic rings. The minimum absolute atomic E-state index is 0.656. The smallest absolute Gasteiger partial charge is 0.0298 e. The van der Waals surface area contributed by atoms with Gasteiger partial charge in [-0.1, -0.05) is 36.4 Å². The van der Waals surface area contributed by atoms with Gasteiger partial charge in [0.15, 0.2) is 0 Å². The summed E-state index contributed by atoms with van der Waals surface area (Å²) in [6.45, 7) is 12.8. The second-order valence-corrected chi connectivity index (χ2v) is 5.12. The molecule has 1 saturated heterocycles. The van der Waals surface area contributed by atoms with Crippen LogP contribution in [0.25, 0.3) is 0 Å². The van der Waals surface area contributed by atoms with Gasteiger partial charge in [0, 0.05) is 36.7 Å². The van der Waals surface area contributed by atoms with E-state index in [2.05, 4.69) is 46.6 Å². The van der Waals surface area contributed by atoms with Crippen molar-refractivity contribution in [2.45, 2.75) is 19.9 Å². The molecule has 1 atom stereocenters. The van der Waals surface area contributed by atoms with E-state index in [1.54, 1.807) is 0 Å². The number of rotatable bonds is 3. The van der Waals surface area contributed by atoms with Gasteiger partial charge >= 0.3 is 0 Å². The average molecular weight is 247 g/mol. The summed E-state index contributed by atoms with van der Waals surface area (Å²) in [6.07, 6.45) is 0. The molecule has 0 amide bonds. The van der Waals surface area contributed by atoms with Crippen molar-refractivity contribution in [1.29, 1.82) is 0 Å². The van der Waals surface area contributed by atoms with Gasteiger partial charge in [0.25, 0.3) is 0 Å². The number of nitrogens with zero attached hydrogens (tertiary/aromatic N) is 1. The van der Waals surface area contributed by atoms with Gasteiger partial charge in [-0.25, -0.2) is 0 Å². The average Bonchev–Trinajstić information content (AvgIpc) is 2.03. The third kappa shape index (κ3) is 3.41. The Morgan fingerprint density at radius 3 is 2.92 bits per heavy atom. The zero-order valence-electron chi connectivity index (χ0n) is 8.52. The van der Waals surface area contributed by atoms with Gasteiger partial charge in [0.2, 0.25) is 0 Å². The lowest BCUT2D eigenvalue weighted by atomic mass is 10.0. The summed E-state index contributed by atoms with van der Waals surface area (Å²) in [5, 5.41) is 3.43. The van der Waals surface area contributed by atoms with Crippen LogP contribution in [0.1, 0.15) is 13.8 Å². The topological polar surface area (TPSA) is 15.3 Å². The Bertz CT molecular complexity index is 180. The van der Waals surface area contributed by atoms with Crippen LogP contribution >= 0.6 is 15.9 Å².